The monoisotopic (exact) mass is 337 g/mol. The zero-order chi connectivity index (χ0) is 17.6. The molecular formula is C21H27N3O. The third kappa shape index (κ3) is 4.75. The fourth-order valence-corrected chi connectivity index (χ4v) is 3.15. The summed E-state index contributed by atoms with van der Waals surface area (Å²) in [6.45, 7) is 6.68. The van der Waals surface area contributed by atoms with Crippen LogP contribution in [-0.4, -0.2) is 25.5 Å². The number of amides is 1. The molecule has 1 aliphatic rings. The summed E-state index contributed by atoms with van der Waals surface area (Å²) in [6.07, 6.45) is 3.86. The summed E-state index contributed by atoms with van der Waals surface area (Å²) in [7, 11) is 0. The van der Waals surface area contributed by atoms with Crippen LogP contribution in [0.25, 0.3) is 0 Å². The summed E-state index contributed by atoms with van der Waals surface area (Å²) in [6, 6.07) is 14.3. The van der Waals surface area contributed by atoms with Gasteiger partial charge in [0, 0.05) is 30.2 Å². The summed E-state index contributed by atoms with van der Waals surface area (Å²) >= 11 is 0. The van der Waals surface area contributed by atoms with Crippen LogP contribution in [0.3, 0.4) is 0 Å². The molecule has 0 spiro atoms. The molecule has 4 heteroatoms. The normalized spacial score (nSPS) is 14.2. The fourth-order valence-electron chi connectivity index (χ4n) is 3.15. The highest BCUT2D eigenvalue weighted by molar-refractivity contribution is 5.93. The lowest BCUT2D eigenvalue weighted by molar-refractivity contribution is -0.114. The molecule has 132 valence electrons. The molecule has 1 fully saturated rings. The van der Waals surface area contributed by atoms with Crippen molar-refractivity contribution in [1.82, 2.24) is 0 Å². The van der Waals surface area contributed by atoms with Crippen LogP contribution in [0.2, 0.25) is 0 Å². The Hall–Kier alpha value is -2.49. The van der Waals surface area contributed by atoms with Crippen molar-refractivity contribution in [2.45, 2.75) is 33.1 Å². The van der Waals surface area contributed by atoms with Gasteiger partial charge in [-0.05, 0) is 80.6 Å². The van der Waals surface area contributed by atoms with Gasteiger partial charge in [0.2, 0.25) is 5.91 Å². The maximum atomic E-state index is 12.1. The number of hydrogen-bond acceptors (Lipinski definition) is 3. The van der Waals surface area contributed by atoms with Crippen LogP contribution in [0.4, 0.5) is 17.1 Å². The van der Waals surface area contributed by atoms with Crippen molar-refractivity contribution in [3.63, 3.8) is 0 Å². The average Bonchev–Trinajstić information content (AvgIpc) is 2.64. The predicted molar refractivity (Wildman–Crippen MR) is 106 cm³/mol. The Balaban J connectivity index is 1.51. The first-order valence-electron chi connectivity index (χ1n) is 9.08. The van der Waals surface area contributed by atoms with Crippen molar-refractivity contribution in [2.75, 3.05) is 35.2 Å². The molecule has 0 bridgehead atoms. The average molecular weight is 337 g/mol. The molecule has 1 amide bonds. The molecule has 0 radical (unpaired) electrons. The van der Waals surface area contributed by atoms with Crippen molar-refractivity contribution in [2.24, 2.45) is 0 Å². The Labute approximate surface area is 150 Å². The third-order valence-corrected chi connectivity index (χ3v) is 4.83. The van der Waals surface area contributed by atoms with Gasteiger partial charge in [-0.3, -0.25) is 4.79 Å². The summed E-state index contributed by atoms with van der Waals surface area (Å²) < 4.78 is 0. The molecule has 0 unspecified atom stereocenters. The molecule has 0 aromatic heterocycles. The number of benzene rings is 2. The lowest BCUT2D eigenvalue weighted by Crippen LogP contribution is -2.29. The number of anilines is 3. The van der Waals surface area contributed by atoms with Crippen molar-refractivity contribution in [3.05, 3.63) is 53.6 Å². The molecule has 2 aromatic carbocycles. The van der Waals surface area contributed by atoms with Crippen molar-refractivity contribution >= 4 is 23.0 Å². The largest absolute Gasteiger partial charge is 0.376 e. The van der Waals surface area contributed by atoms with Gasteiger partial charge >= 0.3 is 0 Å². The summed E-state index contributed by atoms with van der Waals surface area (Å²) in [5, 5.41) is 6.12. The minimum atomic E-state index is -0.0380. The highest BCUT2D eigenvalue weighted by Crippen LogP contribution is 2.21. The van der Waals surface area contributed by atoms with Crippen LogP contribution in [0, 0.1) is 13.8 Å². The SMILES string of the molecule is Cc1ccc(NCC(=O)Nc2ccc(N3CCCCC3)cc2)cc1C. The van der Waals surface area contributed by atoms with E-state index in [-0.39, 0.29) is 12.5 Å². The second-order valence-corrected chi connectivity index (χ2v) is 6.80. The van der Waals surface area contributed by atoms with E-state index in [4.69, 9.17) is 0 Å². The first-order valence-corrected chi connectivity index (χ1v) is 9.08. The molecule has 1 saturated heterocycles. The summed E-state index contributed by atoms with van der Waals surface area (Å²) in [5.41, 5.74) is 5.53. The van der Waals surface area contributed by atoms with E-state index in [9.17, 15) is 4.79 Å². The van der Waals surface area contributed by atoms with Gasteiger partial charge in [0.15, 0.2) is 0 Å². The zero-order valence-electron chi connectivity index (χ0n) is 15.1. The van der Waals surface area contributed by atoms with Crippen molar-refractivity contribution < 1.29 is 4.79 Å². The molecule has 2 N–H and O–H groups in total. The Kier molecular flexibility index (Phi) is 5.59. The first-order chi connectivity index (χ1) is 12.1. The van der Waals surface area contributed by atoms with Gasteiger partial charge in [-0.2, -0.15) is 0 Å². The highest BCUT2D eigenvalue weighted by Gasteiger charge is 2.11. The Morgan fingerprint density at radius 2 is 1.60 bits per heavy atom. The van der Waals surface area contributed by atoms with E-state index >= 15 is 0 Å². The molecule has 0 aliphatic carbocycles. The predicted octanol–water partition coefficient (Wildman–Crippen LogP) is 4.34. The number of nitrogens with zero attached hydrogens (tertiary/aromatic N) is 1. The number of nitrogens with one attached hydrogen (secondary N) is 2. The van der Waals surface area contributed by atoms with Crippen LogP contribution >= 0.6 is 0 Å². The van der Waals surface area contributed by atoms with Crippen LogP contribution in [0.5, 0.6) is 0 Å². The van der Waals surface area contributed by atoms with Crippen LogP contribution in [0.15, 0.2) is 42.5 Å². The van der Waals surface area contributed by atoms with E-state index in [0.717, 1.165) is 24.5 Å². The van der Waals surface area contributed by atoms with Crippen molar-refractivity contribution in [1.29, 1.82) is 0 Å². The molecule has 3 rings (SSSR count). The van der Waals surface area contributed by atoms with Gasteiger partial charge in [-0.15, -0.1) is 0 Å². The summed E-state index contributed by atoms with van der Waals surface area (Å²) in [5.74, 6) is -0.0380. The summed E-state index contributed by atoms with van der Waals surface area (Å²) in [4.78, 5) is 14.6. The van der Waals surface area contributed by atoms with Gasteiger partial charge in [0.25, 0.3) is 0 Å². The third-order valence-electron chi connectivity index (χ3n) is 4.83. The molecule has 0 saturated carbocycles. The fraction of sp³-hybridized carbons (Fsp3) is 0.381. The Morgan fingerprint density at radius 3 is 2.28 bits per heavy atom. The molecular weight excluding hydrogens is 310 g/mol. The second kappa shape index (κ2) is 8.06. The number of rotatable bonds is 5. The van der Waals surface area contributed by atoms with Gasteiger partial charge in [0.1, 0.15) is 0 Å². The van der Waals surface area contributed by atoms with E-state index in [1.54, 1.807) is 0 Å². The standard InChI is InChI=1S/C21H27N3O/c1-16-6-7-19(14-17(16)2)22-15-21(25)23-18-8-10-20(11-9-18)24-12-4-3-5-13-24/h6-11,14,22H,3-5,12-13,15H2,1-2H3,(H,23,25). The number of aryl methyl sites for hydroxylation is 2. The number of carbonyl (C=O) groups is 1. The van der Waals surface area contributed by atoms with Crippen molar-refractivity contribution in [3.8, 4) is 0 Å². The van der Waals surface area contributed by atoms with E-state index in [2.05, 4.69) is 53.6 Å². The zero-order valence-corrected chi connectivity index (χ0v) is 15.1. The smallest absolute Gasteiger partial charge is 0.243 e. The lowest BCUT2D eigenvalue weighted by atomic mass is 10.1. The van der Waals surface area contributed by atoms with Gasteiger partial charge in [-0.25, -0.2) is 0 Å². The quantitative estimate of drug-likeness (QED) is 0.853. The molecule has 1 aliphatic heterocycles. The maximum Gasteiger partial charge on any atom is 0.243 e. The van der Waals surface area contributed by atoms with E-state index < -0.39 is 0 Å². The molecule has 4 nitrogen and oxygen atoms in total. The minimum Gasteiger partial charge on any atom is -0.376 e. The minimum absolute atomic E-state index is 0.0380. The topological polar surface area (TPSA) is 44.4 Å². The molecule has 1 heterocycles. The maximum absolute atomic E-state index is 12.1. The van der Waals surface area contributed by atoms with Crippen LogP contribution < -0.4 is 15.5 Å². The van der Waals surface area contributed by atoms with Gasteiger partial charge in [0.05, 0.1) is 6.54 Å². The number of carbonyl (C=O) groups excluding carboxylic acids is 1. The number of hydrogen-bond donors (Lipinski definition) is 2. The molecule has 2 aromatic rings. The second-order valence-electron chi connectivity index (χ2n) is 6.80. The van der Waals surface area contributed by atoms with Crippen LogP contribution in [0.1, 0.15) is 30.4 Å². The van der Waals surface area contributed by atoms with Crippen LogP contribution in [-0.2, 0) is 4.79 Å². The molecule has 25 heavy (non-hydrogen) atoms. The highest BCUT2D eigenvalue weighted by atomic mass is 16.1. The Bertz CT molecular complexity index is 718. The van der Waals surface area contributed by atoms with E-state index in [1.807, 2.05) is 18.2 Å². The lowest BCUT2D eigenvalue weighted by Gasteiger charge is -2.28. The van der Waals surface area contributed by atoms with E-state index in [0.29, 0.717) is 0 Å². The van der Waals surface area contributed by atoms with Gasteiger partial charge in [-0.1, -0.05) is 6.07 Å². The van der Waals surface area contributed by atoms with Gasteiger partial charge < -0.3 is 15.5 Å². The first kappa shape index (κ1) is 17.3. The molecule has 0 atom stereocenters. The Morgan fingerprint density at radius 1 is 0.920 bits per heavy atom. The van der Waals surface area contributed by atoms with E-state index in [1.165, 1.54) is 36.1 Å². The number of piperidine rings is 1.